The number of aryl methyl sites for hydroxylation is 2. The Bertz CT molecular complexity index is 727. The molecule has 2 N–H and O–H groups in total. The summed E-state index contributed by atoms with van der Waals surface area (Å²) in [6, 6.07) is 7.36. The zero-order chi connectivity index (χ0) is 15.2. The molecule has 0 aliphatic heterocycles. The van der Waals surface area contributed by atoms with Crippen LogP contribution in [0, 0.1) is 25.7 Å². The van der Waals surface area contributed by atoms with Gasteiger partial charge in [0.2, 0.25) is 0 Å². The van der Waals surface area contributed by atoms with Gasteiger partial charge in [-0.05, 0) is 43.2 Å². The van der Waals surface area contributed by atoms with Gasteiger partial charge in [0.25, 0.3) is 5.91 Å². The highest BCUT2D eigenvalue weighted by Crippen LogP contribution is 2.16. The van der Waals surface area contributed by atoms with Gasteiger partial charge >= 0.3 is 0 Å². The summed E-state index contributed by atoms with van der Waals surface area (Å²) >= 11 is 0. The molecule has 2 aromatic rings. The Labute approximate surface area is 123 Å². The molecule has 1 heterocycles. The van der Waals surface area contributed by atoms with Crippen molar-refractivity contribution in [2.75, 3.05) is 11.9 Å². The second-order valence-electron chi connectivity index (χ2n) is 4.63. The number of anilines is 1. The third-order valence-corrected chi connectivity index (χ3v) is 3.13. The molecule has 0 aliphatic carbocycles. The van der Waals surface area contributed by atoms with Crippen molar-refractivity contribution < 1.29 is 9.90 Å². The molecule has 0 radical (unpaired) electrons. The SMILES string of the molecule is Cc1ccc(NC(=O)c2ccncc2C#CCO)cc1C. The Morgan fingerprint density at radius 3 is 2.81 bits per heavy atom. The first kappa shape index (κ1) is 14.8. The smallest absolute Gasteiger partial charge is 0.257 e. The number of carbonyl (C=O) groups excluding carboxylic acids is 1. The van der Waals surface area contributed by atoms with E-state index in [9.17, 15) is 4.79 Å². The van der Waals surface area contributed by atoms with Gasteiger partial charge in [-0.25, -0.2) is 0 Å². The number of hydrogen-bond donors (Lipinski definition) is 2. The van der Waals surface area contributed by atoms with E-state index in [0.717, 1.165) is 11.3 Å². The summed E-state index contributed by atoms with van der Waals surface area (Å²) in [5, 5.41) is 11.6. The maximum Gasteiger partial charge on any atom is 0.257 e. The molecule has 2 rings (SSSR count). The van der Waals surface area contributed by atoms with Crippen LogP contribution in [0.15, 0.2) is 36.7 Å². The molecule has 0 fully saturated rings. The number of carbonyl (C=O) groups is 1. The van der Waals surface area contributed by atoms with Crippen LogP contribution in [-0.2, 0) is 0 Å². The summed E-state index contributed by atoms with van der Waals surface area (Å²) in [6.45, 7) is 3.76. The van der Waals surface area contributed by atoms with Gasteiger partial charge in [0, 0.05) is 18.1 Å². The highest BCUT2D eigenvalue weighted by atomic mass is 16.2. The van der Waals surface area contributed by atoms with Crippen LogP contribution in [0.3, 0.4) is 0 Å². The van der Waals surface area contributed by atoms with Crippen LogP contribution in [-0.4, -0.2) is 22.6 Å². The van der Waals surface area contributed by atoms with Crippen LogP contribution in [0.2, 0.25) is 0 Å². The standard InChI is InChI=1S/C17H16N2O2/c1-12-5-6-15(10-13(12)2)19-17(21)16-7-8-18-11-14(16)4-3-9-20/h5-8,10-11,20H,9H2,1-2H3,(H,19,21). The molecular formula is C17H16N2O2. The number of nitrogens with one attached hydrogen (secondary N) is 1. The van der Waals surface area contributed by atoms with Crippen LogP contribution in [0.25, 0.3) is 0 Å². The van der Waals surface area contributed by atoms with E-state index in [-0.39, 0.29) is 12.5 Å². The lowest BCUT2D eigenvalue weighted by Gasteiger charge is -2.08. The Morgan fingerprint density at radius 2 is 2.10 bits per heavy atom. The Hall–Kier alpha value is -2.64. The van der Waals surface area contributed by atoms with Crippen molar-refractivity contribution in [1.29, 1.82) is 0 Å². The van der Waals surface area contributed by atoms with Crippen LogP contribution >= 0.6 is 0 Å². The van der Waals surface area contributed by atoms with Gasteiger partial charge in [-0.15, -0.1) is 0 Å². The fourth-order valence-electron chi connectivity index (χ4n) is 1.84. The predicted molar refractivity (Wildman–Crippen MR) is 82.1 cm³/mol. The first-order valence-electron chi connectivity index (χ1n) is 6.54. The number of benzene rings is 1. The molecule has 106 valence electrons. The lowest BCUT2D eigenvalue weighted by molar-refractivity contribution is 0.102. The molecule has 1 amide bonds. The van der Waals surface area contributed by atoms with E-state index in [2.05, 4.69) is 22.1 Å². The Balaban J connectivity index is 2.26. The maximum atomic E-state index is 12.3. The topological polar surface area (TPSA) is 62.2 Å². The summed E-state index contributed by atoms with van der Waals surface area (Å²) in [6.07, 6.45) is 3.05. The quantitative estimate of drug-likeness (QED) is 0.830. The van der Waals surface area contributed by atoms with E-state index in [4.69, 9.17) is 5.11 Å². The number of aliphatic hydroxyl groups is 1. The molecular weight excluding hydrogens is 264 g/mol. The number of hydrogen-bond acceptors (Lipinski definition) is 3. The second kappa shape index (κ2) is 6.69. The molecule has 0 atom stereocenters. The van der Waals surface area contributed by atoms with Gasteiger partial charge < -0.3 is 10.4 Å². The minimum absolute atomic E-state index is 0.247. The number of amides is 1. The summed E-state index contributed by atoms with van der Waals surface area (Å²) in [4.78, 5) is 16.3. The maximum absolute atomic E-state index is 12.3. The van der Waals surface area contributed by atoms with Crippen molar-refractivity contribution in [3.8, 4) is 11.8 Å². The van der Waals surface area contributed by atoms with Gasteiger partial charge in [-0.1, -0.05) is 17.9 Å². The first-order chi connectivity index (χ1) is 10.1. The van der Waals surface area contributed by atoms with E-state index < -0.39 is 0 Å². The highest BCUT2D eigenvalue weighted by molar-refractivity contribution is 6.05. The third-order valence-electron chi connectivity index (χ3n) is 3.13. The highest BCUT2D eigenvalue weighted by Gasteiger charge is 2.10. The van der Waals surface area contributed by atoms with Gasteiger partial charge in [0.05, 0.1) is 11.1 Å². The molecule has 0 unspecified atom stereocenters. The van der Waals surface area contributed by atoms with E-state index in [1.54, 1.807) is 12.3 Å². The monoisotopic (exact) mass is 280 g/mol. The van der Waals surface area contributed by atoms with Crippen LogP contribution in [0.4, 0.5) is 5.69 Å². The number of aliphatic hydroxyl groups excluding tert-OH is 1. The molecule has 0 aliphatic rings. The molecule has 4 heteroatoms. The van der Waals surface area contributed by atoms with Crippen molar-refractivity contribution in [2.24, 2.45) is 0 Å². The minimum atomic E-state index is -0.257. The zero-order valence-corrected chi connectivity index (χ0v) is 12.0. The average Bonchev–Trinajstić information content (AvgIpc) is 2.49. The van der Waals surface area contributed by atoms with Crippen LogP contribution < -0.4 is 5.32 Å². The molecule has 0 saturated carbocycles. The minimum Gasteiger partial charge on any atom is -0.384 e. The normalized spacial score (nSPS) is 9.67. The molecule has 0 spiro atoms. The lowest BCUT2D eigenvalue weighted by atomic mass is 10.1. The van der Waals surface area contributed by atoms with Gasteiger partial charge in [-0.2, -0.15) is 0 Å². The van der Waals surface area contributed by atoms with E-state index in [0.29, 0.717) is 11.1 Å². The fraction of sp³-hybridized carbons (Fsp3) is 0.176. The third kappa shape index (κ3) is 3.68. The van der Waals surface area contributed by atoms with Crippen molar-refractivity contribution in [3.63, 3.8) is 0 Å². The van der Waals surface area contributed by atoms with Crippen LogP contribution in [0.1, 0.15) is 27.0 Å². The summed E-state index contributed by atoms with van der Waals surface area (Å²) in [7, 11) is 0. The zero-order valence-electron chi connectivity index (χ0n) is 12.0. The van der Waals surface area contributed by atoms with E-state index >= 15 is 0 Å². The van der Waals surface area contributed by atoms with Gasteiger partial charge in [0.1, 0.15) is 6.61 Å². The lowest BCUT2D eigenvalue weighted by Crippen LogP contribution is -2.14. The summed E-state index contributed by atoms with van der Waals surface area (Å²) in [5.41, 5.74) is 3.95. The van der Waals surface area contributed by atoms with Crippen molar-refractivity contribution >= 4 is 11.6 Å². The van der Waals surface area contributed by atoms with E-state index in [1.165, 1.54) is 11.8 Å². The Morgan fingerprint density at radius 1 is 1.29 bits per heavy atom. The van der Waals surface area contributed by atoms with Crippen LogP contribution in [0.5, 0.6) is 0 Å². The number of rotatable bonds is 2. The number of aromatic nitrogens is 1. The van der Waals surface area contributed by atoms with Gasteiger partial charge in [0.15, 0.2) is 0 Å². The average molecular weight is 280 g/mol. The Kier molecular flexibility index (Phi) is 4.70. The van der Waals surface area contributed by atoms with Gasteiger partial charge in [-0.3, -0.25) is 9.78 Å². The largest absolute Gasteiger partial charge is 0.384 e. The molecule has 1 aromatic heterocycles. The predicted octanol–water partition coefficient (Wildman–Crippen LogP) is 2.29. The summed E-state index contributed by atoms with van der Waals surface area (Å²) < 4.78 is 0. The molecule has 0 bridgehead atoms. The van der Waals surface area contributed by atoms with Crippen molar-refractivity contribution in [2.45, 2.75) is 13.8 Å². The van der Waals surface area contributed by atoms with E-state index in [1.807, 2.05) is 32.0 Å². The van der Waals surface area contributed by atoms with Crippen molar-refractivity contribution in [3.05, 3.63) is 58.9 Å². The molecule has 0 saturated heterocycles. The fourth-order valence-corrected chi connectivity index (χ4v) is 1.84. The first-order valence-corrected chi connectivity index (χ1v) is 6.54. The number of pyridine rings is 1. The molecule has 4 nitrogen and oxygen atoms in total. The van der Waals surface area contributed by atoms with Crippen molar-refractivity contribution in [1.82, 2.24) is 4.98 Å². The second-order valence-corrected chi connectivity index (χ2v) is 4.63. The molecule has 21 heavy (non-hydrogen) atoms. The number of nitrogens with zero attached hydrogens (tertiary/aromatic N) is 1. The molecule has 1 aromatic carbocycles. The summed E-state index contributed by atoms with van der Waals surface area (Å²) in [5.74, 6) is 5.01.